The SMILES string of the molecule is COc1ccc(C(OC[C@H]2O[C@@H](c3ccc4[nH]c(=O)[nH]c(=O)c4c3)C[C@@H]2OP(OCCC#N)N(C(C)C)C(C)C)(c2ccccc2)c2ccc(OC)cc2)cc1. The fraction of sp³-hybridized carbons (Fsp3) is 0.372. The highest BCUT2D eigenvalue weighted by Crippen LogP contribution is 2.51. The van der Waals surface area contributed by atoms with Crippen molar-refractivity contribution in [1.82, 2.24) is 14.6 Å². The second-order valence-electron chi connectivity index (χ2n) is 14.1. The van der Waals surface area contributed by atoms with Crippen LogP contribution in [0.4, 0.5) is 0 Å². The summed E-state index contributed by atoms with van der Waals surface area (Å²) in [7, 11) is 1.64. The van der Waals surface area contributed by atoms with Gasteiger partial charge in [0.1, 0.15) is 23.2 Å². The Hall–Kier alpha value is -4.86. The van der Waals surface area contributed by atoms with Gasteiger partial charge in [-0.1, -0.05) is 60.7 Å². The number of aromatic nitrogens is 2. The van der Waals surface area contributed by atoms with Crippen LogP contribution >= 0.6 is 8.53 Å². The average Bonchev–Trinajstić information content (AvgIpc) is 3.60. The molecule has 0 amide bonds. The molecule has 0 radical (unpaired) electrons. The molecule has 56 heavy (non-hydrogen) atoms. The lowest BCUT2D eigenvalue weighted by atomic mass is 9.80. The molecule has 1 saturated heterocycles. The maximum atomic E-state index is 12.8. The summed E-state index contributed by atoms with van der Waals surface area (Å²) in [5.41, 5.74) is 1.67. The van der Waals surface area contributed by atoms with E-state index in [2.05, 4.69) is 48.4 Å². The summed E-state index contributed by atoms with van der Waals surface area (Å²) < 4.78 is 40.8. The van der Waals surface area contributed by atoms with Gasteiger partial charge in [-0.3, -0.25) is 9.78 Å². The zero-order valence-electron chi connectivity index (χ0n) is 32.6. The molecule has 12 nitrogen and oxygen atoms in total. The van der Waals surface area contributed by atoms with E-state index in [4.69, 9.17) is 28.0 Å². The molecule has 4 aromatic carbocycles. The number of ether oxygens (including phenoxy) is 4. The highest BCUT2D eigenvalue weighted by molar-refractivity contribution is 7.44. The molecule has 13 heteroatoms. The number of nitriles is 1. The third-order valence-electron chi connectivity index (χ3n) is 9.86. The van der Waals surface area contributed by atoms with Gasteiger partial charge in [-0.25, -0.2) is 9.46 Å². The summed E-state index contributed by atoms with van der Waals surface area (Å²) in [5.74, 6) is 1.42. The van der Waals surface area contributed by atoms with Crippen LogP contribution in [-0.2, 0) is 24.1 Å². The summed E-state index contributed by atoms with van der Waals surface area (Å²) in [6, 6.07) is 33.4. The van der Waals surface area contributed by atoms with Crippen molar-refractivity contribution in [2.75, 3.05) is 27.4 Å². The predicted molar refractivity (Wildman–Crippen MR) is 216 cm³/mol. The van der Waals surface area contributed by atoms with Gasteiger partial charge in [-0.05, 0) is 86.3 Å². The number of benzene rings is 4. The highest BCUT2D eigenvalue weighted by atomic mass is 31.2. The number of aromatic amines is 2. The third kappa shape index (κ3) is 8.90. The largest absolute Gasteiger partial charge is 0.497 e. The smallest absolute Gasteiger partial charge is 0.326 e. The summed E-state index contributed by atoms with van der Waals surface area (Å²) in [6.45, 7) is 8.69. The number of rotatable bonds is 17. The number of methoxy groups -OCH3 is 2. The molecule has 0 bridgehead atoms. The first kappa shape index (κ1) is 40.8. The number of fused-ring (bicyclic) bond motifs is 1. The summed E-state index contributed by atoms with van der Waals surface area (Å²) in [4.78, 5) is 29.9. The van der Waals surface area contributed by atoms with Crippen LogP contribution in [0.3, 0.4) is 0 Å². The van der Waals surface area contributed by atoms with Crippen LogP contribution in [0.1, 0.15) is 68.9 Å². The molecule has 0 spiro atoms. The lowest BCUT2D eigenvalue weighted by molar-refractivity contribution is -0.0806. The van der Waals surface area contributed by atoms with Crippen LogP contribution in [0.2, 0.25) is 0 Å². The Balaban J connectivity index is 1.43. The predicted octanol–water partition coefficient (Wildman–Crippen LogP) is 7.73. The van der Waals surface area contributed by atoms with Crippen LogP contribution in [0.5, 0.6) is 11.5 Å². The topological polar surface area (TPSA) is 148 Å². The highest BCUT2D eigenvalue weighted by Gasteiger charge is 2.44. The van der Waals surface area contributed by atoms with E-state index in [1.54, 1.807) is 26.4 Å². The van der Waals surface area contributed by atoms with E-state index in [1.807, 2.05) is 84.9 Å². The third-order valence-corrected chi connectivity index (χ3v) is 12.0. The lowest BCUT2D eigenvalue weighted by Crippen LogP contribution is -2.39. The standard InChI is InChI=1S/C43H49N4O8P/c1-28(2)47(29(3)4)56(53-24-10-23-44)55-39-26-38(30-13-22-37-36(25-30)41(48)46-42(49)45-37)54-40(39)27-52-43(31-11-8-7-9-12-31,32-14-18-34(50-5)19-15-32)33-16-20-35(51-6)21-17-33/h7-9,11-22,25,28-29,38-40H,10,24,26-27H2,1-6H3,(H2,45,46,48,49)/t38-,39+,40-,56?/m1/s1. The molecule has 1 unspecified atom stereocenters. The van der Waals surface area contributed by atoms with Crippen LogP contribution in [-0.4, -0.2) is 66.4 Å². The number of nitrogens with zero attached hydrogens (tertiary/aromatic N) is 2. The Kier molecular flexibility index (Phi) is 13.4. The molecule has 1 aliphatic heterocycles. The van der Waals surface area contributed by atoms with Crippen molar-refractivity contribution in [1.29, 1.82) is 5.26 Å². The maximum Gasteiger partial charge on any atom is 0.326 e. The van der Waals surface area contributed by atoms with Gasteiger partial charge in [0.05, 0.1) is 63.0 Å². The van der Waals surface area contributed by atoms with Gasteiger partial charge < -0.3 is 33.0 Å². The van der Waals surface area contributed by atoms with E-state index in [0.29, 0.717) is 28.8 Å². The fourth-order valence-corrected chi connectivity index (χ4v) is 9.02. The van der Waals surface area contributed by atoms with Crippen molar-refractivity contribution >= 4 is 19.4 Å². The Bertz CT molecular complexity index is 2150. The van der Waals surface area contributed by atoms with Crippen LogP contribution in [0.15, 0.2) is 107 Å². The van der Waals surface area contributed by atoms with E-state index in [0.717, 1.165) is 22.3 Å². The Labute approximate surface area is 328 Å². The molecule has 1 fully saturated rings. The number of nitrogens with one attached hydrogen (secondary N) is 2. The van der Waals surface area contributed by atoms with Crippen molar-refractivity contribution in [3.63, 3.8) is 0 Å². The Morgan fingerprint density at radius 2 is 1.46 bits per heavy atom. The Morgan fingerprint density at radius 3 is 2.04 bits per heavy atom. The van der Waals surface area contributed by atoms with Crippen molar-refractivity contribution < 1.29 is 28.0 Å². The first-order valence-electron chi connectivity index (χ1n) is 18.7. The van der Waals surface area contributed by atoms with E-state index < -0.39 is 43.7 Å². The summed E-state index contributed by atoms with van der Waals surface area (Å²) >= 11 is 0. The van der Waals surface area contributed by atoms with Gasteiger partial charge in [0.15, 0.2) is 0 Å². The molecule has 2 heterocycles. The minimum Gasteiger partial charge on any atom is -0.497 e. The van der Waals surface area contributed by atoms with Gasteiger partial charge in [-0.15, -0.1) is 0 Å². The summed E-state index contributed by atoms with van der Waals surface area (Å²) in [5, 5.41) is 9.69. The maximum absolute atomic E-state index is 12.8. The van der Waals surface area contributed by atoms with Crippen LogP contribution < -0.4 is 20.7 Å². The zero-order valence-corrected chi connectivity index (χ0v) is 33.5. The molecule has 0 aliphatic carbocycles. The molecule has 0 saturated carbocycles. The quantitative estimate of drug-likeness (QED) is 0.0546. The molecule has 1 aliphatic rings. The molecule has 4 atom stereocenters. The molecule has 294 valence electrons. The normalized spacial score (nSPS) is 17.8. The van der Waals surface area contributed by atoms with Gasteiger partial charge >= 0.3 is 5.69 Å². The average molecular weight is 781 g/mol. The van der Waals surface area contributed by atoms with Crippen molar-refractivity contribution in [2.24, 2.45) is 0 Å². The molecular weight excluding hydrogens is 731 g/mol. The van der Waals surface area contributed by atoms with E-state index in [-0.39, 0.29) is 31.7 Å². The van der Waals surface area contributed by atoms with Gasteiger partial charge in [0.2, 0.25) is 0 Å². The van der Waals surface area contributed by atoms with Gasteiger partial charge in [0, 0.05) is 18.5 Å². The van der Waals surface area contributed by atoms with Gasteiger partial charge in [0.25, 0.3) is 14.1 Å². The number of H-pyrrole nitrogens is 2. The van der Waals surface area contributed by atoms with Crippen molar-refractivity contribution in [3.05, 3.63) is 140 Å². The number of hydrogen-bond acceptors (Lipinski definition) is 10. The van der Waals surface area contributed by atoms with E-state index in [1.165, 1.54) is 0 Å². The fourth-order valence-electron chi connectivity index (χ4n) is 7.26. The molecule has 5 aromatic rings. The summed E-state index contributed by atoms with van der Waals surface area (Å²) in [6.07, 6.45) is -0.957. The molecule has 1 aromatic heterocycles. The minimum atomic E-state index is -1.63. The van der Waals surface area contributed by atoms with Crippen LogP contribution in [0.25, 0.3) is 10.9 Å². The second kappa shape index (κ2) is 18.4. The lowest BCUT2D eigenvalue weighted by Gasteiger charge is -2.39. The first-order valence-corrected chi connectivity index (χ1v) is 19.9. The zero-order chi connectivity index (χ0) is 39.8. The van der Waals surface area contributed by atoms with Crippen molar-refractivity contribution in [2.45, 2.75) is 76.5 Å². The monoisotopic (exact) mass is 780 g/mol. The Morgan fingerprint density at radius 1 is 0.857 bits per heavy atom. The van der Waals surface area contributed by atoms with Gasteiger partial charge in [-0.2, -0.15) is 5.26 Å². The van der Waals surface area contributed by atoms with Crippen LogP contribution in [0, 0.1) is 11.3 Å². The number of hydrogen-bond donors (Lipinski definition) is 2. The molecular formula is C43H49N4O8P. The van der Waals surface area contributed by atoms with E-state index >= 15 is 0 Å². The van der Waals surface area contributed by atoms with E-state index in [9.17, 15) is 14.9 Å². The molecule has 2 N–H and O–H groups in total. The van der Waals surface area contributed by atoms with Crippen molar-refractivity contribution in [3.8, 4) is 17.6 Å². The second-order valence-corrected chi connectivity index (χ2v) is 15.5. The molecule has 6 rings (SSSR count). The first-order chi connectivity index (χ1) is 27.1. The minimum absolute atomic E-state index is 0.0845.